The number of hydrogen-bond donors (Lipinski definition) is 0. The van der Waals surface area contributed by atoms with E-state index in [4.69, 9.17) is 0 Å². The van der Waals surface area contributed by atoms with Crippen LogP contribution in [0.25, 0.3) is 43.8 Å². The van der Waals surface area contributed by atoms with Gasteiger partial charge in [-0.15, -0.1) is 0 Å². The van der Waals surface area contributed by atoms with E-state index in [2.05, 4.69) is 169 Å². The molecule has 0 fully saturated rings. The first kappa shape index (κ1) is 28.9. The van der Waals surface area contributed by atoms with Gasteiger partial charge in [0.25, 0.3) is 0 Å². The highest BCUT2D eigenvalue weighted by Gasteiger charge is 2.32. The van der Waals surface area contributed by atoms with Crippen LogP contribution in [0.5, 0.6) is 0 Å². The van der Waals surface area contributed by atoms with Crippen LogP contribution in [-0.4, -0.2) is 6.71 Å². The quantitative estimate of drug-likeness (QED) is 0.141. The van der Waals surface area contributed by atoms with E-state index in [0.717, 1.165) is 0 Å². The van der Waals surface area contributed by atoms with Gasteiger partial charge in [0.05, 0.1) is 0 Å². The molecule has 45 heavy (non-hydrogen) atoms. The summed E-state index contributed by atoms with van der Waals surface area (Å²) in [6.45, 7) is 13.7. The summed E-state index contributed by atoms with van der Waals surface area (Å²) in [4.78, 5) is 0. The van der Waals surface area contributed by atoms with Crippen LogP contribution in [0.3, 0.4) is 0 Å². The van der Waals surface area contributed by atoms with Crippen LogP contribution in [0.15, 0.2) is 127 Å². The SMILES string of the molecule is Cc1cc(C)c(B(c2c(C)cc(C)cc2C)c2c3ccccc3c(-c3ccc(-c4ccccc4)cc3)c3ccccc23)c(C)c1. The monoisotopic (exact) mass is 578 g/mol. The van der Waals surface area contributed by atoms with E-state index < -0.39 is 0 Å². The summed E-state index contributed by atoms with van der Waals surface area (Å²) in [6, 6.07) is 47.4. The molecule has 0 heterocycles. The normalized spacial score (nSPS) is 11.3. The largest absolute Gasteiger partial charge is 0.244 e. The Bertz CT molecular complexity index is 2040. The zero-order chi connectivity index (χ0) is 31.2. The second kappa shape index (κ2) is 11.6. The van der Waals surface area contributed by atoms with Crippen molar-refractivity contribution in [3.8, 4) is 22.3 Å². The highest BCUT2D eigenvalue weighted by molar-refractivity contribution is 6.99. The van der Waals surface area contributed by atoms with Crippen LogP contribution in [0.4, 0.5) is 0 Å². The number of aryl methyl sites for hydroxylation is 6. The van der Waals surface area contributed by atoms with Crippen molar-refractivity contribution in [2.75, 3.05) is 0 Å². The third kappa shape index (κ3) is 5.07. The van der Waals surface area contributed by atoms with E-state index in [0.29, 0.717) is 0 Å². The van der Waals surface area contributed by atoms with Gasteiger partial charge in [-0.05, 0) is 85.3 Å². The van der Waals surface area contributed by atoms with Gasteiger partial charge in [-0.2, -0.15) is 0 Å². The number of rotatable bonds is 5. The first-order valence-electron chi connectivity index (χ1n) is 16.1. The number of benzene rings is 7. The fourth-order valence-corrected chi connectivity index (χ4v) is 7.97. The van der Waals surface area contributed by atoms with E-state index >= 15 is 0 Å². The molecular weight excluding hydrogens is 539 g/mol. The summed E-state index contributed by atoms with van der Waals surface area (Å²) >= 11 is 0. The predicted molar refractivity (Wildman–Crippen MR) is 198 cm³/mol. The highest BCUT2D eigenvalue weighted by atomic mass is 14.2. The van der Waals surface area contributed by atoms with Crippen molar-refractivity contribution >= 4 is 44.6 Å². The molecule has 0 spiro atoms. The molecule has 0 nitrogen and oxygen atoms in total. The third-order valence-electron chi connectivity index (χ3n) is 9.60. The molecule has 7 aromatic carbocycles. The van der Waals surface area contributed by atoms with E-state index in [1.54, 1.807) is 0 Å². The van der Waals surface area contributed by atoms with Crippen molar-refractivity contribution in [2.24, 2.45) is 0 Å². The van der Waals surface area contributed by atoms with Gasteiger partial charge >= 0.3 is 0 Å². The fraction of sp³-hybridized carbons (Fsp3) is 0.136. The van der Waals surface area contributed by atoms with Crippen LogP contribution < -0.4 is 16.4 Å². The molecule has 7 aromatic rings. The topological polar surface area (TPSA) is 0 Å². The minimum absolute atomic E-state index is 0.0931. The summed E-state index contributed by atoms with van der Waals surface area (Å²) in [7, 11) is 0. The van der Waals surface area contributed by atoms with Gasteiger partial charge in [-0.3, -0.25) is 0 Å². The Kier molecular flexibility index (Phi) is 7.42. The lowest BCUT2D eigenvalue weighted by atomic mass is 9.33. The molecule has 0 saturated heterocycles. The minimum Gasteiger partial charge on any atom is -0.0628 e. The zero-order valence-corrected chi connectivity index (χ0v) is 27.2. The minimum atomic E-state index is 0.0931. The lowest BCUT2D eigenvalue weighted by Crippen LogP contribution is -2.56. The molecule has 0 saturated carbocycles. The number of hydrogen-bond acceptors (Lipinski definition) is 0. The van der Waals surface area contributed by atoms with Crippen molar-refractivity contribution in [1.29, 1.82) is 0 Å². The van der Waals surface area contributed by atoms with Gasteiger partial charge in [0.2, 0.25) is 6.71 Å². The van der Waals surface area contributed by atoms with Gasteiger partial charge in [-0.1, -0.05) is 177 Å². The van der Waals surface area contributed by atoms with Crippen LogP contribution in [0.2, 0.25) is 0 Å². The lowest BCUT2D eigenvalue weighted by Gasteiger charge is -2.28. The Balaban J connectivity index is 1.58. The van der Waals surface area contributed by atoms with E-state index in [-0.39, 0.29) is 6.71 Å². The molecule has 0 radical (unpaired) electrons. The van der Waals surface area contributed by atoms with Crippen molar-refractivity contribution in [3.05, 3.63) is 161 Å². The van der Waals surface area contributed by atoms with Crippen molar-refractivity contribution < 1.29 is 0 Å². The molecule has 0 aromatic heterocycles. The van der Waals surface area contributed by atoms with Gasteiger partial charge in [0.1, 0.15) is 0 Å². The first-order valence-corrected chi connectivity index (χ1v) is 16.1. The first-order chi connectivity index (χ1) is 21.8. The van der Waals surface area contributed by atoms with Crippen LogP contribution in [0.1, 0.15) is 33.4 Å². The Hall–Kier alpha value is -4.88. The Labute approximate surface area is 268 Å². The van der Waals surface area contributed by atoms with Crippen LogP contribution in [0, 0.1) is 41.5 Å². The molecule has 0 aliphatic heterocycles. The smallest absolute Gasteiger partial charge is 0.0628 e. The molecule has 218 valence electrons. The Morgan fingerprint density at radius 2 is 0.689 bits per heavy atom. The second-order valence-corrected chi connectivity index (χ2v) is 12.9. The van der Waals surface area contributed by atoms with Crippen molar-refractivity contribution in [2.45, 2.75) is 41.5 Å². The maximum absolute atomic E-state index is 2.36. The average molecular weight is 579 g/mol. The Morgan fingerprint density at radius 1 is 0.333 bits per heavy atom. The van der Waals surface area contributed by atoms with Gasteiger partial charge < -0.3 is 0 Å². The second-order valence-electron chi connectivity index (χ2n) is 12.9. The summed E-state index contributed by atoms with van der Waals surface area (Å²) in [6.07, 6.45) is 0. The molecule has 0 atom stereocenters. The van der Waals surface area contributed by atoms with E-state index in [1.807, 2.05) is 0 Å². The molecule has 0 aliphatic rings. The third-order valence-corrected chi connectivity index (χ3v) is 9.60. The molecule has 0 aliphatic carbocycles. The molecule has 0 bridgehead atoms. The molecule has 0 unspecified atom stereocenters. The van der Waals surface area contributed by atoms with Gasteiger partial charge in [0, 0.05) is 0 Å². The maximum atomic E-state index is 2.36. The van der Waals surface area contributed by atoms with E-state index in [9.17, 15) is 0 Å². The van der Waals surface area contributed by atoms with Gasteiger partial charge in [-0.25, -0.2) is 0 Å². The van der Waals surface area contributed by atoms with Crippen LogP contribution in [-0.2, 0) is 0 Å². The van der Waals surface area contributed by atoms with Crippen molar-refractivity contribution in [1.82, 2.24) is 0 Å². The summed E-state index contributed by atoms with van der Waals surface area (Å²) in [5.74, 6) is 0. The highest BCUT2D eigenvalue weighted by Crippen LogP contribution is 2.37. The van der Waals surface area contributed by atoms with Crippen LogP contribution >= 0.6 is 0 Å². The standard InChI is InChI=1S/C44H39B/c1-28-24-30(3)42(31(4)25-28)45(43-32(5)26-29(2)27-33(43)6)44-39-18-12-10-16-37(39)41(38-17-11-13-19-40(38)44)36-22-20-35(21-23-36)34-14-8-7-9-15-34/h7-27H,1-6H3. The molecule has 0 amide bonds. The van der Waals surface area contributed by atoms with E-state index in [1.165, 1.54) is 93.6 Å². The molecular formula is C44H39B. The Morgan fingerprint density at radius 3 is 1.13 bits per heavy atom. The molecule has 1 heteroatoms. The summed E-state index contributed by atoms with van der Waals surface area (Å²) in [5, 5.41) is 5.24. The average Bonchev–Trinajstić information content (AvgIpc) is 3.02. The predicted octanol–water partition coefficient (Wildman–Crippen LogP) is 9.69. The molecule has 7 rings (SSSR count). The van der Waals surface area contributed by atoms with Crippen molar-refractivity contribution in [3.63, 3.8) is 0 Å². The molecule has 0 N–H and O–H groups in total. The summed E-state index contributed by atoms with van der Waals surface area (Å²) < 4.78 is 0. The maximum Gasteiger partial charge on any atom is 0.244 e. The zero-order valence-electron chi connectivity index (χ0n) is 27.2. The number of fused-ring (bicyclic) bond motifs is 2. The summed E-state index contributed by atoms with van der Waals surface area (Å²) in [5.41, 5.74) is 17.3. The lowest BCUT2D eigenvalue weighted by molar-refractivity contribution is 1.34. The fourth-order valence-electron chi connectivity index (χ4n) is 7.97. The van der Waals surface area contributed by atoms with Gasteiger partial charge in [0.15, 0.2) is 0 Å².